The summed E-state index contributed by atoms with van der Waals surface area (Å²) in [5.41, 5.74) is 1.28. The molecule has 94 valence electrons. The Morgan fingerprint density at radius 3 is 2.53 bits per heavy atom. The molecule has 0 aromatic heterocycles. The summed E-state index contributed by atoms with van der Waals surface area (Å²) in [6, 6.07) is 6.79. The number of rotatable bonds is 8. The summed E-state index contributed by atoms with van der Waals surface area (Å²) in [6.45, 7) is 1.71. The molecular formula is C13H19NO3. The number of aromatic carboxylic acids is 1. The van der Waals surface area contributed by atoms with Gasteiger partial charge >= 0.3 is 5.97 Å². The van der Waals surface area contributed by atoms with E-state index >= 15 is 0 Å². The average Bonchev–Trinajstić information content (AvgIpc) is 2.34. The molecule has 17 heavy (non-hydrogen) atoms. The van der Waals surface area contributed by atoms with Crippen LogP contribution in [0, 0.1) is 0 Å². The summed E-state index contributed by atoms with van der Waals surface area (Å²) in [5.74, 6) is -0.892. The molecule has 0 aliphatic rings. The van der Waals surface area contributed by atoms with Crippen molar-refractivity contribution in [1.82, 2.24) is 0 Å². The first kappa shape index (κ1) is 13.5. The number of anilines is 1. The molecule has 1 rings (SSSR count). The van der Waals surface area contributed by atoms with Crippen LogP contribution in [0.2, 0.25) is 0 Å². The second-order valence-corrected chi connectivity index (χ2v) is 3.86. The molecule has 0 aliphatic heterocycles. The van der Waals surface area contributed by atoms with Crippen molar-refractivity contribution in [3.63, 3.8) is 0 Å². The van der Waals surface area contributed by atoms with Crippen LogP contribution in [0.1, 0.15) is 29.6 Å². The molecule has 0 radical (unpaired) electrons. The number of methoxy groups -OCH3 is 1. The molecule has 0 unspecified atom stereocenters. The van der Waals surface area contributed by atoms with Gasteiger partial charge in [0.05, 0.1) is 5.56 Å². The highest BCUT2D eigenvalue weighted by Gasteiger charge is 2.00. The molecule has 4 nitrogen and oxygen atoms in total. The number of hydrogen-bond donors (Lipinski definition) is 2. The highest BCUT2D eigenvalue weighted by Crippen LogP contribution is 2.09. The Morgan fingerprint density at radius 2 is 1.94 bits per heavy atom. The predicted molar refractivity (Wildman–Crippen MR) is 67.6 cm³/mol. The van der Waals surface area contributed by atoms with Gasteiger partial charge in [-0.15, -0.1) is 0 Å². The molecule has 0 amide bonds. The second-order valence-electron chi connectivity index (χ2n) is 3.86. The van der Waals surface area contributed by atoms with Gasteiger partial charge in [-0.25, -0.2) is 4.79 Å². The van der Waals surface area contributed by atoms with Gasteiger partial charge in [0.25, 0.3) is 0 Å². The summed E-state index contributed by atoms with van der Waals surface area (Å²) >= 11 is 0. The highest BCUT2D eigenvalue weighted by atomic mass is 16.5. The first-order chi connectivity index (χ1) is 8.24. The van der Waals surface area contributed by atoms with Crippen LogP contribution >= 0.6 is 0 Å². The maximum Gasteiger partial charge on any atom is 0.335 e. The fourth-order valence-corrected chi connectivity index (χ4v) is 1.51. The fourth-order valence-electron chi connectivity index (χ4n) is 1.51. The largest absolute Gasteiger partial charge is 0.478 e. The van der Waals surface area contributed by atoms with E-state index in [1.807, 2.05) is 0 Å². The SMILES string of the molecule is COCCCCCNc1ccc(C(=O)O)cc1. The van der Waals surface area contributed by atoms with Gasteiger partial charge in [-0.3, -0.25) is 0 Å². The molecular weight excluding hydrogens is 218 g/mol. The van der Waals surface area contributed by atoms with Crippen LogP contribution in [0.15, 0.2) is 24.3 Å². The van der Waals surface area contributed by atoms with E-state index in [2.05, 4.69) is 5.32 Å². The van der Waals surface area contributed by atoms with Crippen LogP contribution < -0.4 is 5.32 Å². The molecule has 0 saturated carbocycles. The van der Waals surface area contributed by atoms with Crippen molar-refractivity contribution in [2.24, 2.45) is 0 Å². The fraction of sp³-hybridized carbons (Fsp3) is 0.462. The Labute approximate surface area is 102 Å². The number of carbonyl (C=O) groups is 1. The number of hydrogen-bond acceptors (Lipinski definition) is 3. The van der Waals surface area contributed by atoms with E-state index in [1.54, 1.807) is 31.4 Å². The summed E-state index contributed by atoms with van der Waals surface area (Å²) < 4.78 is 4.97. The van der Waals surface area contributed by atoms with Gasteiger partial charge in [-0.1, -0.05) is 0 Å². The monoisotopic (exact) mass is 237 g/mol. The zero-order valence-corrected chi connectivity index (χ0v) is 10.1. The van der Waals surface area contributed by atoms with E-state index in [-0.39, 0.29) is 0 Å². The summed E-state index contributed by atoms with van der Waals surface area (Å²) in [6.07, 6.45) is 3.30. The van der Waals surface area contributed by atoms with Crippen LogP contribution in [-0.2, 0) is 4.74 Å². The molecule has 0 fully saturated rings. The molecule has 0 atom stereocenters. The Balaban J connectivity index is 2.21. The Kier molecular flexibility index (Phi) is 6.10. The number of benzene rings is 1. The van der Waals surface area contributed by atoms with Crippen LogP contribution in [0.5, 0.6) is 0 Å². The zero-order valence-electron chi connectivity index (χ0n) is 10.1. The molecule has 2 N–H and O–H groups in total. The standard InChI is InChI=1S/C13H19NO3/c1-17-10-4-2-3-9-14-12-7-5-11(6-8-12)13(15)16/h5-8,14H,2-4,9-10H2,1H3,(H,15,16). The first-order valence-corrected chi connectivity index (χ1v) is 5.80. The lowest BCUT2D eigenvalue weighted by Crippen LogP contribution is -2.03. The lowest BCUT2D eigenvalue weighted by Gasteiger charge is -2.06. The van der Waals surface area contributed by atoms with Gasteiger partial charge in [0.1, 0.15) is 0 Å². The molecule has 1 aromatic rings. The van der Waals surface area contributed by atoms with Gasteiger partial charge in [-0.2, -0.15) is 0 Å². The van der Waals surface area contributed by atoms with Crippen molar-refractivity contribution in [2.45, 2.75) is 19.3 Å². The van der Waals surface area contributed by atoms with Gasteiger partial charge in [0.15, 0.2) is 0 Å². The number of nitrogens with one attached hydrogen (secondary N) is 1. The molecule has 1 aromatic carbocycles. The van der Waals surface area contributed by atoms with Crippen molar-refractivity contribution in [3.05, 3.63) is 29.8 Å². The van der Waals surface area contributed by atoms with Crippen molar-refractivity contribution in [1.29, 1.82) is 0 Å². The van der Waals surface area contributed by atoms with Crippen molar-refractivity contribution < 1.29 is 14.6 Å². The first-order valence-electron chi connectivity index (χ1n) is 5.80. The lowest BCUT2D eigenvalue weighted by molar-refractivity contribution is 0.0697. The van der Waals surface area contributed by atoms with E-state index < -0.39 is 5.97 Å². The number of unbranched alkanes of at least 4 members (excludes halogenated alkanes) is 2. The van der Waals surface area contributed by atoms with E-state index in [1.165, 1.54) is 0 Å². The van der Waals surface area contributed by atoms with Gasteiger partial charge < -0.3 is 15.2 Å². The van der Waals surface area contributed by atoms with E-state index in [0.29, 0.717) is 5.56 Å². The maximum absolute atomic E-state index is 10.6. The quantitative estimate of drug-likeness (QED) is 0.682. The van der Waals surface area contributed by atoms with Crippen molar-refractivity contribution >= 4 is 11.7 Å². The molecule has 0 spiro atoms. The summed E-state index contributed by atoms with van der Waals surface area (Å²) in [4.78, 5) is 10.6. The van der Waals surface area contributed by atoms with Crippen molar-refractivity contribution in [2.75, 3.05) is 25.6 Å². The normalized spacial score (nSPS) is 10.2. The third-order valence-electron chi connectivity index (χ3n) is 2.49. The summed E-state index contributed by atoms with van der Waals surface area (Å²) in [5, 5.41) is 12.0. The lowest BCUT2D eigenvalue weighted by atomic mass is 10.2. The van der Waals surface area contributed by atoms with Crippen LogP contribution in [0.25, 0.3) is 0 Å². The molecule has 0 aliphatic carbocycles. The maximum atomic E-state index is 10.6. The third-order valence-corrected chi connectivity index (χ3v) is 2.49. The molecule has 0 saturated heterocycles. The minimum Gasteiger partial charge on any atom is -0.478 e. The van der Waals surface area contributed by atoms with Crippen molar-refractivity contribution in [3.8, 4) is 0 Å². The number of ether oxygens (including phenoxy) is 1. The molecule has 0 bridgehead atoms. The Morgan fingerprint density at radius 1 is 1.24 bits per heavy atom. The Bertz CT molecular complexity index is 335. The van der Waals surface area contributed by atoms with Crippen LogP contribution in [0.3, 0.4) is 0 Å². The van der Waals surface area contributed by atoms with E-state index in [9.17, 15) is 4.79 Å². The minimum atomic E-state index is -0.892. The second kappa shape index (κ2) is 7.68. The minimum absolute atomic E-state index is 0.315. The Hall–Kier alpha value is -1.55. The summed E-state index contributed by atoms with van der Waals surface area (Å²) in [7, 11) is 1.71. The smallest absolute Gasteiger partial charge is 0.335 e. The average molecular weight is 237 g/mol. The van der Waals surface area contributed by atoms with Crippen LogP contribution in [-0.4, -0.2) is 31.3 Å². The third kappa shape index (κ3) is 5.36. The molecule has 4 heteroatoms. The zero-order chi connectivity index (χ0) is 12.5. The van der Waals surface area contributed by atoms with Crippen LogP contribution in [0.4, 0.5) is 5.69 Å². The molecule has 0 heterocycles. The van der Waals surface area contributed by atoms with E-state index in [4.69, 9.17) is 9.84 Å². The van der Waals surface area contributed by atoms with E-state index in [0.717, 1.165) is 38.1 Å². The van der Waals surface area contributed by atoms with Gasteiger partial charge in [-0.05, 0) is 43.5 Å². The highest BCUT2D eigenvalue weighted by molar-refractivity contribution is 5.87. The van der Waals surface area contributed by atoms with Gasteiger partial charge in [0.2, 0.25) is 0 Å². The predicted octanol–water partition coefficient (Wildman–Crippen LogP) is 2.61. The van der Waals surface area contributed by atoms with Gasteiger partial charge in [0, 0.05) is 25.9 Å². The number of carboxylic acids is 1. The topological polar surface area (TPSA) is 58.6 Å². The number of carboxylic acid groups (broad SMARTS) is 1.